The first-order valence-electron chi connectivity index (χ1n) is 6.28. The van der Waals surface area contributed by atoms with Crippen LogP contribution in [-0.4, -0.2) is 37.8 Å². The summed E-state index contributed by atoms with van der Waals surface area (Å²) < 4.78 is 135. The molecule has 14 heteroatoms. The number of benzene rings is 1. The molecule has 0 bridgehead atoms. The number of rotatable bonds is 7. The summed E-state index contributed by atoms with van der Waals surface area (Å²) in [5, 5.41) is -13.5. The molecule has 0 heterocycles. The van der Waals surface area contributed by atoms with Crippen LogP contribution < -0.4 is 4.18 Å². The van der Waals surface area contributed by atoms with E-state index in [1.165, 1.54) is 6.08 Å². The van der Waals surface area contributed by atoms with Crippen molar-refractivity contribution in [2.24, 2.45) is 0 Å². The van der Waals surface area contributed by atoms with Gasteiger partial charge in [0, 0.05) is 0 Å². The minimum Gasteiger partial charge on any atom is -0.378 e. The van der Waals surface area contributed by atoms with Crippen LogP contribution in [0, 0.1) is 0 Å². The summed E-state index contributed by atoms with van der Waals surface area (Å²) in [5.41, 5.74) is 0.437. The molecule has 1 N–H and O–H groups in total. The molecule has 0 unspecified atom stereocenters. The van der Waals surface area contributed by atoms with E-state index < -0.39 is 42.4 Å². The zero-order chi connectivity index (χ0) is 20.6. The van der Waals surface area contributed by atoms with Crippen molar-refractivity contribution in [1.29, 1.82) is 0 Å². The van der Waals surface area contributed by atoms with Crippen LogP contribution in [-0.2, 0) is 20.2 Å². The van der Waals surface area contributed by atoms with Crippen molar-refractivity contribution in [2.45, 2.75) is 23.4 Å². The van der Waals surface area contributed by atoms with E-state index in [-0.39, 0.29) is 0 Å². The van der Waals surface area contributed by atoms with Crippen molar-refractivity contribution in [3.05, 3.63) is 35.9 Å². The molecule has 1 rings (SSSR count). The van der Waals surface area contributed by atoms with Crippen LogP contribution in [0.5, 0.6) is 5.75 Å². The average molecular weight is 428 g/mol. The number of allylic oxidation sites excluding steroid dienone is 1. The summed E-state index contributed by atoms with van der Waals surface area (Å²) in [6.07, 6.45) is 3.05. The molecule has 26 heavy (non-hydrogen) atoms. The van der Waals surface area contributed by atoms with E-state index in [4.69, 9.17) is 4.55 Å². The number of halogens is 6. The van der Waals surface area contributed by atoms with Gasteiger partial charge < -0.3 is 4.18 Å². The maximum absolute atomic E-state index is 13.6. The van der Waals surface area contributed by atoms with Gasteiger partial charge in [-0.05, 0) is 24.6 Å². The molecule has 1 aromatic carbocycles. The van der Waals surface area contributed by atoms with Crippen molar-refractivity contribution in [3.63, 3.8) is 0 Å². The van der Waals surface area contributed by atoms with E-state index in [1.54, 1.807) is 13.0 Å². The van der Waals surface area contributed by atoms with E-state index in [0.717, 1.165) is 24.3 Å². The molecule has 0 saturated heterocycles. The van der Waals surface area contributed by atoms with Gasteiger partial charge in [0.05, 0.1) is 0 Å². The SMILES string of the molecule is CC=Cc1ccc(OS(=O)(=O)C(F)(F)C(F)(F)C(F)(F)S(=O)(=O)O)cc1. The molecule has 0 aromatic heterocycles. The second-order valence-electron chi connectivity index (χ2n) is 4.69. The van der Waals surface area contributed by atoms with Gasteiger partial charge in [-0.3, -0.25) is 4.55 Å². The van der Waals surface area contributed by atoms with E-state index in [2.05, 4.69) is 4.18 Å². The lowest BCUT2D eigenvalue weighted by atomic mass is 10.2. The van der Waals surface area contributed by atoms with Gasteiger partial charge in [-0.15, -0.1) is 0 Å². The summed E-state index contributed by atoms with van der Waals surface area (Å²) in [7, 11) is -13.9. The molecule has 0 atom stereocenters. The summed E-state index contributed by atoms with van der Waals surface area (Å²) in [6, 6.07) is 3.80. The first-order chi connectivity index (χ1) is 11.5. The van der Waals surface area contributed by atoms with Crippen molar-refractivity contribution >= 4 is 26.3 Å². The molecule has 0 radical (unpaired) electrons. The van der Waals surface area contributed by atoms with Gasteiger partial charge >= 0.3 is 36.7 Å². The fourth-order valence-corrected chi connectivity index (χ4v) is 2.92. The standard InChI is InChI=1S/C12H10F6O6S2/c1-2-3-8-4-6-9(7-5-8)24-26(22,23)12(17,18)10(13,14)11(15,16)25(19,20)21/h2-7H,1H3,(H,19,20,21). The van der Waals surface area contributed by atoms with Crippen molar-refractivity contribution in [2.75, 3.05) is 0 Å². The highest BCUT2D eigenvalue weighted by molar-refractivity contribution is 7.88. The molecule has 0 aliphatic heterocycles. The lowest BCUT2D eigenvalue weighted by molar-refractivity contribution is -0.247. The number of hydrogen-bond acceptors (Lipinski definition) is 5. The van der Waals surface area contributed by atoms with Crippen LogP contribution >= 0.6 is 0 Å². The molecular weight excluding hydrogens is 418 g/mol. The highest BCUT2D eigenvalue weighted by Gasteiger charge is 2.83. The molecule has 0 fully saturated rings. The van der Waals surface area contributed by atoms with Gasteiger partial charge in [0.25, 0.3) is 0 Å². The maximum Gasteiger partial charge on any atom is 0.450 e. The van der Waals surface area contributed by atoms with Gasteiger partial charge in [0.2, 0.25) is 0 Å². The van der Waals surface area contributed by atoms with Crippen molar-refractivity contribution in [3.8, 4) is 5.75 Å². The Hall–Kier alpha value is -1.80. The minimum atomic E-state index is -7.08. The van der Waals surface area contributed by atoms with Crippen LogP contribution in [0.1, 0.15) is 12.5 Å². The van der Waals surface area contributed by atoms with Gasteiger partial charge in [-0.2, -0.15) is 43.2 Å². The molecule has 0 aliphatic rings. The van der Waals surface area contributed by atoms with E-state index in [1.807, 2.05) is 0 Å². The summed E-state index contributed by atoms with van der Waals surface area (Å²) in [5.74, 6) is -7.97. The van der Waals surface area contributed by atoms with Gasteiger partial charge in [0.15, 0.2) is 0 Å². The molecule has 1 aromatic rings. The maximum atomic E-state index is 13.6. The monoisotopic (exact) mass is 428 g/mol. The van der Waals surface area contributed by atoms with Gasteiger partial charge in [-0.25, -0.2) is 0 Å². The molecule has 0 saturated carbocycles. The third-order valence-corrected chi connectivity index (χ3v) is 5.01. The molecule has 148 valence electrons. The highest BCUT2D eigenvalue weighted by atomic mass is 32.2. The van der Waals surface area contributed by atoms with E-state index in [9.17, 15) is 43.2 Å². The average Bonchev–Trinajstić information content (AvgIpc) is 2.47. The molecular formula is C12H10F6O6S2. The van der Waals surface area contributed by atoms with E-state index in [0.29, 0.717) is 5.56 Å². The van der Waals surface area contributed by atoms with Crippen LogP contribution in [0.4, 0.5) is 26.3 Å². The molecule has 6 nitrogen and oxygen atoms in total. The third kappa shape index (κ3) is 3.66. The Morgan fingerprint density at radius 2 is 1.38 bits per heavy atom. The lowest BCUT2D eigenvalue weighted by Gasteiger charge is -2.29. The first kappa shape index (κ1) is 22.2. The normalized spacial score (nSPS) is 14.6. The Labute approximate surface area is 144 Å². The van der Waals surface area contributed by atoms with Crippen LogP contribution in [0.15, 0.2) is 30.3 Å². The van der Waals surface area contributed by atoms with Crippen LogP contribution in [0.2, 0.25) is 0 Å². The third-order valence-electron chi connectivity index (χ3n) is 2.81. The summed E-state index contributed by atoms with van der Waals surface area (Å²) in [4.78, 5) is 0. The zero-order valence-corrected chi connectivity index (χ0v) is 14.2. The van der Waals surface area contributed by atoms with E-state index >= 15 is 0 Å². The Kier molecular flexibility index (Phi) is 5.76. The largest absolute Gasteiger partial charge is 0.450 e. The second kappa shape index (κ2) is 6.74. The Morgan fingerprint density at radius 1 is 0.923 bits per heavy atom. The second-order valence-corrected chi connectivity index (χ2v) is 7.74. The van der Waals surface area contributed by atoms with Gasteiger partial charge in [0.1, 0.15) is 5.75 Å². The molecule has 0 spiro atoms. The predicted octanol–water partition coefficient (Wildman–Crippen LogP) is 3.14. The van der Waals surface area contributed by atoms with Crippen molar-refractivity contribution < 1.29 is 51.9 Å². The van der Waals surface area contributed by atoms with Crippen LogP contribution in [0.3, 0.4) is 0 Å². The number of alkyl halides is 6. The summed E-state index contributed by atoms with van der Waals surface area (Å²) >= 11 is 0. The lowest BCUT2D eigenvalue weighted by Crippen LogP contribution is -2.61. The quantitative estimate of drug-likeness (QED) is 0.407. The Balaban J connectivity index is 3.32. The molecule has 0 aliphatic carbocycles. The topological polar surface area (TPSA) is 97.7 Å². The summed E-state index contributed by atoms with van der Waals surface area (Å²) in [6.45, 7) is 1.62. The highest BCUT2D eigenvalue weighted by Crippen LogP contribution is 2.50. The smallest absolute Gasteiger partial charge is 0.378 e. The fraction of sp³-hybridized carbons (Fsp3) is 0.333. The number of hydrogen-bond donors (Lipinski definition) is 1. The molecule has 0 amide bonds. The van der Waals surface area contributed by atoms with Crippen LogP contribution in [0.25, 0.3) is 6.08 Å². The van der Waals surface area contributed by atoms with Gasteiger partial charge in [-0.1, -0.05) is 24.3 Å². The zero-order valence-electron chi connectivity index (χ0n) is 12.5. The minimum absolute atomic E-state index is 0.437. The predicted molar refractivity (Wildman–Crippen MR) is 77.1 cm³/mol. The fourth-order valence-electron chi connectivity index (χ4n) is 1.49. The van der Waals surface area contributed by atoms with Crippen molar-refractivity contribution in [1.82, 2.24) is 0 Å². The Morgan fingerprint density at radius 3 is 1.77 bits per heavy atom. The Bertz CT molecular complexity index is 891. The first-order valence-corrected chi connectivity index (χ1v) is 9.13.